The molecular weight excluding hydrogens is 269 g/mol. The van der Waals surface area contributed by atoms with Gasteiger partial charge in [-0.05, 0) is 38.0 Å². The fourth-order valence-corrected chi connectivity index (χ4v) is 3.19. The molecule has 0 saturated carbocycles. The third-order valence-electron chi connectivity index (χ3n) is 3.08. The Morgan fingerprint density at radius 3 is 2.65 bits per heavy atom. The number of halogens is 1. The van der Waals surface area contributed by atoms with Gasteiger partial charge in [-0.2, -0.15) is 0 Å². The van der Waals surface area contributed by atoms with Gasteiger partial charge >= 0.3 is 0 Å². The predicted molar refractivity (Wildman–Crippen MR) is 84.5 cm³/mol. The highest BCUT2D eigenvalue weighted by Gasteiger charge is 2.11. The third kappa shape index (κ3) is 4.09. The van der Waals surface area contributed by atoms with Crippen molar-refractivity contribution in [2.75, 3.05) is 0 Å². The van der Waals surface area contributed by atoms with E-state index in [1.807, 2.05) is 13.0 Å². The molecule has 0 spiro atoms. The summed E-state index contributed by atoms with van der Waals surface area (Å²) >= 11 is 1.67. The van der Waals surface area contributed by atoms with Gasteiger partial charge in [0, 0.05) is 22.3 Å². The lowest BCUT2D eigenvalue weighted by atomic mass is 10.1. The maximum absolute atomic E-state index is 13.9. The van der Waals surface area contributed by atoms with E-state index < -0.39 is 0 Å². The van der Waals surface area contributed by atoms with Crippen LogP contribution in [0.25, 0.3) is 0 Å². The molecule has 0 saturated heterocycles. The Bertz CT molecular complexity index is 581. The molecule has 0 aromatic heterocycles. The number of aryl methyl sites for hydroxylation is 1. The maximum Gasteiger partial charge on any atom is 0.127 e. The molecule has 0 aliphatic heterocycles. The van der Waals surface area contributed by atoms with Gasteiger partial charge in [0.1, 0.15) is 5.82 Å². The molecule has 0 bridgehead atoms. The highest BCUT2D eigenvalue weighted by atomic mass is 32.2. The Labute approximate surface area is 124 Å². The van der Waals surface area contributed by atoms with Gasteiger partial charge in [-0.3, -0.25) is 0 Å². The quantitative estimate of drug-likeness (QED) is 0.830. The topological polar surface area (TPSA) is 26.0 Å². The van der Waals surface area contributed by atoms with E-state index in [1.54, 1.807) is 17.8 Å². The van der Waals surface area contributed by atoms with Gasteiger partial charge in [0.25, 0.3) is 0 Å². The molecule has 2 aromatic rings. The number of hydrogen-bond donors (Lipinski definition) is 1. The minimum atomic E-state index is -0.156. The van der Waals surface area contributed by atoms with Crippen LogP contribution in [0.2, 0.25) is 0 Å². The van der Waals surface area contributed by atoms with Crippen LogP contribution in [0.15, 0.2) is 47.4 Å². The van der Waals surface area contributed by atoms with Gasteiger partial charge in [-0.25, -0.2) is 4.39 Å². The smallest absolute Gasteiger partial charge is 0.127 e. The molecule has 1 nitrogen and oxygen atoms in total. The lowest BCUT2D eigenvalue weighted by Gasteiger charge is -2.12. The van der Waals surface area contributed by atoms with Crippen LogP contribution < -0.4 is 5.73 Å². The van der Waals surface area contributed by atoms with Gasteiger partial charge in [0.2, 0.25) is 0 Å². The molecule has 0 aliphatic carbocycles. The summed E-state index contributed by atoms with van der Waals surface area (Å²) in [6.07, 6.45) is 0.572. The van der Waals surface area contributed by atoms with E-state index >= 15 is 0 Å². The van der Waals surface area contributed by atoms with Crippen LogP contribution in [-0.4, -0.2) is 6.04 Å². The molecule has 0 amide bonds. The number of benzene rings is 2. The molecule has 20 heavy (non-hydrogen) atoms. The number of nitrogens with two attached hydrogens (primary N) is 1. The molecule has 106 valence electrons. The summed E-state index contributed by atoms with van der Waals surface area (Å²) in [5, 5.41) is 0. The van der Waals surface area contributed by atoms with Gasteiger partial charge in [0.05, 0.1) is 0 Å². The molecular formula is C17H20FNS. The lowest BCUT2D eigenvalue weighted by Crippen LogP contribution is -2.19. The fourth-order valence-electron chi connectivity index (χ4n) is 2.16. The summed E-state index contributed by atoms with van der Waals surface area (Å²) < 4.78 is 13.9. The van der Waals surface area contributed by atoms with E-state index in [1.165, 1.54) is 17.2 Å². The van der Waals surface area contributed by atoms with Crippen molar-refractivity contribution in [3.05, 3.63) is 65.0 Å². The Balaban J connectivity index is 2.15. The first kappa shape index (κ1) is 15.1. The molecule has 2 rings (SSSR count). The van der Waals surface area contributed by atoms with Crippen molar-refractivity contribution in [3.63, 3.8) is 0 Å². The highest BCUT2D eigenvalue weighted by molar-refractivity contribution is 7.98. The largest absolute Gasteiger partial charge is 0.328 e. The highest BCUT2D eigenvalue weighted by Crippen LogP contribution is 2.29. The number of hydrogen-bond acceptors (Lipinski definition) is 2. The molecule has 1 atom stereocenters. The van der Waals surface area contributed by atoms with E-state index in [0.717, 1.165) is 16.2 Å². The Morgan fingerprint density at radius 2 is 1.95 bits per heavy atom. The van der Waals surface area contributed by atoms with Crippen LogP contribution in [0.4, 0.5) is 4.39 Å². The maximum atomic E-state index is 13.9. The Kier molecular flexibility index (Phi) is 5.21. The van der Waals surface area contributed by atoms with Crippen molar-refractivity contribution in [2.45, 2.75) is 37.0 Å². The average Bonchev–Trinajstić information content (AvgIpc) is 2.39. The molecule has 0 radical (unpaired) electrons. The van der Waals surface area contributed by atoms with Crippen molar-refractivity contribution in [2.24, 2.45) is 5.73 Å². The minimum Gasteiger partial charge on any atom is -0.328 e. The van der Waals surface area contributed by atoms with Gasteiger partial charge in [-0.15, -0.1) is 11.8 Å². The van der Waals surface area contributed by atoms with Crippen LogP contribution >= 0.6 is 11.8 Å². The fraction of sp³-hybridized carbons (Fsp3) is 0.294. The minimum absolute atomic E-state index is 0.0368. The van der Waals surface area contributed by atoms with Crippen LogP contribution in [0, 0.1) is 12.7 Å². The summed E-state index contributed by atoms with van der Waals surface area (Å²) in [6, 6.07) is 13.6. The second-order valence-corrected chi connectivity index (χ2v) is 6.19. The Hall–Kier alpha value is -1.32. The Morgan fingerprint density at radius 1 is 1.20 bits per heavy atom. The zero-order valence-corrected chi connectivity index (χ0v) is 12.7. The molecule has 0 fully saturated rings. The zero-order valence-electron chi connectivity index (χ0n) is 11.9. The SMILES string of the molecule is Cc1cccc(CSc2cccc(F)c2CC(C)N)c1. The van der Waals surface area contributed by atoms with Crippen molar-refractivity contribution in [3.8, 4) is 0 Å². The third-order valence-corrected chi connectivity index (χ3v) is 4.25. The standard InChI is InChI=1S/C17H20FNS/c1-12-5-3-6-14(9-12)11-20-17-8-4-7-16(18)15(17)10-13(2)19/h3-9,13H,10-11,19H2,1-2H3. The van der Waals surface area contributed by atoms with Crippen molar-refractivity contribution in [1.29, 1.82) is 0 Å². The van der Waals surface area contributed by atoms with E-state index in [9.17, 15) is 4.39 Å². The normalized spacial score (nSPS) is 12.4. The molecule has 0 heterocycles. The van der Waals surface area contributed by atoms with Crippen molar-refractivity contribution >= 4 is 11.8 Å². The molecule has 2 aromatic carbocycles. The predicted octanol–water partition coefficient (Wildman–Crippen LogP) is 4.32. The van der Waals surface area contributed by atoms with Crippen LogP contribution in [0.1, 0.15) is 23.6 Å². The summed E-state index contributed by atoms with van der Waals surface area (Å²) in [7, 11) is 0. The lowest BCUT2D eigenvalue weighted by molar-refractivity contribution is 0.588. The van der Waals surface area contributed by atoms with Crippen LogP contribution in [-0.2, 0) is 12.2 Å². The molecule has 2 N–H and O–H groups in total. The van der Waals surface area contributed by atoms with Crippen molar-refractivity contribution in [1.82, 2.24) is 0 Å². The summed E-state index contributed by atoms with van der Waals surface area (Å²) in [5.41, 5.74) is 9.05. The van der Waals surface area contributed by atoms with Crippen LogP contribution in [0.5, 0.6) is 0 Å². The summed E-state index contributed by atoms with van der Waals surface area (Å²) in [4.78, 5) is 0.990. The average molecular weight is 289 g/mol. The first-order valence-corrected chi connectivity index (χ1v) is 7.76. The molecule has 0 aliphatic rings. The second-order valence-electron chi connectivity index (χ2n) is 5.18. The first-order chi connectivity index (χ1) is 9.56. The first-order valence-electron chi connectivity index (χ1n) is 6.77. The van der Waals surface area contributed by atoms with Gasteiger partial charge < -0.3 is 5.73 Å². The van der Waals surface area contributed by atoms with Crippen molar-refractivity contribution < 1.29 is 4.39 Å². The van der Waals surface area contributed by atoms with Gasteiger partial charge in [0.15, 0.2) is 0 Å². The van der Waals surface area contributed by atoms with Gasteiger partial charge in [-0.1, -0.05) is 35.9 Å². The summed E-state index contributed by atoms with van der Waals surface area (Å²) in [6.45, 7) is 3.99. The monoisotopic (exact) mass is 289 g/mol. The van der Waals surface area contributed by atoms with E-state index in [4.69, 9.17) is 5.73 Å². The molecule has 1 unspecified atom stereocenters. The van der Waals surface area contributed by atoms with E-state index in [0.29, 0.717) is 6.42 Å². The summed E-state index contributed by atoms with van der Waals surface area (Å²) in [5.74, 6) is 0.688. The van der Waals surface area contributed by atoms with E-state index in [-0.39, 0.29) is 11.9 Å². The number of rotatable bonds is 5. The zero-order chi connectivity index (χ0) is 14.5. The second kappa shape index (κ2) is 6.91. The van der Waals surface area contributed by atoms with E-state index in [2.05, 4.69) is 31.2 Å². The van der Waals surface area contributed by atoms with Crippen LogP contribution in [0.3, 0.4) is 0 Å². The number of thioether (sulfide) groups is 1. The molecule has 3 heteroatoms.